The lowest BCUT2D eigenvalue weighted by molar-refractivity contribution is 0.384. The summed E-state index contributed by atoms with van der Waals surface area (Å²) in [7, 11) is -4.31. The molecule has 4 rings (SSSR count). The lowest BCUT2D eigenvalue weighted by Gasteiger charge is -2.05. The number of hydrogen-bond donors (Lipinski definition) is 3. The van der Waals surface area contributed by atoms with Gasteiger partial charge in [-0.15, -0.1) is 0 Å². The van der Waals surface area contributed by atoms with Crippen molar-refractivity contribution in [3.8, 4) is 28.0 Å². The first-order valence-electron chi connectivity index (χ1n) is 9.00. The van der Waals surface area contributed by atoms with E-state index >= 15 is 0 Å². The van der Waals surface area contributed by atoms with Gasteiger partial charge in [-0.05, 0) is 40.5 Å². The monoisotopic (exact) mass is 404 g/mol. The standard InChI is InChI=1S/C18H14.C6H7O4P/c1-3-8-15(9-4-1)17-12-7-13-18(14-17)16-10-5-2-6-11-16;7-5-3-1-2-4-6(5)11(8,9)10/h1-14H;1-4,7H,(H2,8,9,10). The van der Waals surface area contributed by atoms with Crippen LogP contribution in [0, 0.1) is 0 Å². The van der Waals surface area contributed by atoms with Crippen LogP contribution in [0.15, 0.2) is 109 Å². The summed E-state index contributed by atoms with van der Waals surface area (Å²) in [5.41, 5.74) is 5.04. The number of benzene rings is 4. The normalized spacial score (nSPS) is 10.7. The minimum atomic E-state index is -4.31. The second-order valence-corrected chi connectivity index (χ2v) is 7.92. The van der Waals surface area contributed by atoms with Crippen molar-refractivity contribution in [1.82, 2.24) is 0 Å². The Bertz CT molecular complexity index is 1050. The van der Waals surface area contributed by atoms with Crippen molar-refractivity contribution in [3.05, 3.63) is 109 Å². The summed E-state index contributed by atoms with van der Waals surface area (Å²) in [4.78, 5) is 17.2. The van der Waals surface area contributed by atoms with Gasteiger partial charge < -0.3 is 14.9 Å². The van der Waals surface area contributed by atoms with Crippen molar-refractivity contribution in [2.75, 3.05) is 0 Å². The van der Waals surface area contributed by atoms with E-state index in [2.05, 4.69) is 72.8 Å². The molecule has 0 bridgehead atoms. The predicted octanol–water partition coefficient (Wildman–Crippen LogP) is 5.22. The highest BCUT2D eigenvalue weighted by Crippen LogP contribution is 2.36. The second-order valence-electron chi connectivity index (χ2n) is 6.35. The summed E-state index contributed by atoms with van der Waals surface area (Å²) < 4.78 is 10.6. The summed E-state index contributed by atoms with van der Waals surface area (Å²) in [6.45, 7) is 0. The van der Waals surface area contributed by atoms with Crippen LogP contribution in [0.25, 0.3) is 22.3 Å². The van der Waals surface area contributed by atoms with Crippen molar-refractivity contribution in [1.29, 1.82) is 0 Å². The van der Waals surface area contributed by atoms with E-state index in [4.69, 9.17) is 14.9 Å². The van der Waals surface area contributed by atoms with E-state index in [-0.39, 0.29) is 11.1 Å². The predicted molar refractivity (Wildman–Crippen MR) is 117 cm³/mol. The molecule has 0 unspecified atom stereocenters. The van der Waals surface area contributed by atoms with Crippen LogP contribution in [-0.2, 0) is 4.57 Å². The molecule has 146 valence electrons. The molecule has 0 aliphatic carbocycles. The lowest BCUT2D eigenvalue weighted by Crippen LogP contribution is -2.02. The Kier molecular flexibility index (Phi) is 6.63. The second kappa shape index (κ2) is 9.35. The summed E-state index contributed by atoms with van der Waals surface area (Å²) in [5, 5.41) is 8.62. The number of para-hydroxylation sites is 1. The molecule has 29 heavy (non-hydrogen) atoms. The molecule has 3 N–H and O–H groups in total. The van der Waals surface area contributed by atoms with E-state index in [1.54, 1.807) is 0 Å². The summed E-state index contributed by atoms with van der Waals surface area (Å²) in [6.07, 6.45) is 0. The molecule has 0 amide bonds. The number of phenolic OH excluding ortho intramolecular Hbond substituents is 1. The van der Waals surface area contributed by atoms with Gasteiger partial charge in [0.2, 0.25) is 0 Å². The van der Waals surface area contributed by atoms with Crippen LogP contribution in [0.2, 0.25) is 0 Å². The van der Waals surface area contributed by atoms with Gasteiger partial charge >= 0.3 is 7.60 Å². The smallest absolute Gasteiger partial charge is 0.359 e. The highest BCUT2D eigenvalue weighted by molar-refractivity contribution is 7.60. The molecule has 4 nitrogen and oxygen atoms in total. The van der Waals surface area contributed by atoms with E-state index in [9.17, 15) is 4.57 Å². The van der Waals surface area contributed by atoms with E-state index in [0.717, 1.165) is 0 Å². The van der Waals surface area contributed by atoms with Crippen molar-refractivity contribution < 1.29 is 19.5 Å². The maximum absolute atomic E-state index is 10.6. The Balaban J connectivity index is 0.000000188. The molecule has 5 heteroatoms. The van der Waals surface area contributed by atoms with Gasteiger partial charge in [-0.3, -0.25) is 4.57 Å². The average molecular weight is 404 g/mol. The van der Waals surface area contributed by atoms with Gasteiger partial charge in [-0.2, -0.15) is 0 Å². The quantitative estimate of drug-likeness (QED) is 0.409. The number of rotatable bonds is 3. The van der Waals surface area contributed by atoms with Crippen molar-refractivity contribution in [2.45, 2.75) is 0 Å². The molecular weight excluding hydrogens is 383 g/mol. The Morgan fingerprint density at radius 1 is 0.517 bits per heavy atom. The van der Waals surface area contributed by atoms with Gasteiger partial charge in [0.1, 0.15) is 11.1 Å². The first kappa shape index (κ1) is 20.6. The molecule has 0 spiro atoms. The maximum atomic E-state index is 10.6. The molecule has 0 radical (unpaired) electrons. The molecule has 0 saturated heterocycles. The maximum Gasteiger partial charge on any atom is 0.359 e. The molecule has 0 atom stereocenters. The molecular formula is C24H21O4P. The van der Waals surface area contributed by atoms with E-state index in [1.807, 2.05) is 12.1 Å². The van der Waals surface area contributed by atoms with E-state index < -0.39 is 7.60 Å². The molecule has 4 aromatic rings. The summed E-state index contributed by atoms with van der Waals surface area (Å²) in [6, 6.07) is 35.0. The third-order valence-corrected chi connectivity index (χ3v) is 5.28. The minimum absolute atomic E-state index is 0.333. The Hall–Kier alpha value is -3.17. The molecule has 0 aliphatic heterocycles. The zero-order valence-corrected chi connectivity index (χ0v) is 16.5. The fourth-order valence-electron chi connectivity index (χ4n) is 2.85. The zero-order valence-electron chi connectivity index (χ0n) is 15.6. The van der Waals surface area contributed by atoms with Crippen molar-refractivity contribution in [2.24, 2.45) is 0 Å². The molecule has 0 aromatic heterocycles. The van der Waals surface area contributed by atoms with Crippen LogP contribution in [0.4, 0.5) is 0 Å². The van der Waals surface area contributed by atoms with E-state index in [0.29, 0.717) is 0 Å². The minimum Gasteiger partial charge on any atom is -0.507 e. The summed E-state index contributed by atoms with van der Waals surface area (Å²) in [5.74, 6) is -0.374. The number of hydrogen-bond acceptors (Lipinski definition) is 2. The zero-order chi connectivity index (χ0) is 20.7. The molecule has 4 aromatic carbocycles. The van der Waals surface area contributed by atoms with Gasteiger partial charge in [-0.1, -0.05) is 91.0 Å². The van der Waals surface area contributed by atoms with Gasteiger partial charge in [0.15, 0.2) is 0 Å². The third kappa shape index (κ3) is 5.66. The average Bonchev–Trinajstić information content (AvgIpc) is 2.75. The Labute approximate surface area is 169 Å². The number of aromatic hydroxyl groups is 1. The van der Waals surface area contributed by atoms with Crippen LogP contribution in [0.5, 0.6) is 5.75 Å². The van der Waals surface area contributed by atoms with Gasteiger partial charge in [0.05, 0.1) is 0 Å². The van der Waals surface area contributed by atoms with Crippen LogP contribution in [0.1, 0.15) is 0 Å². The van der Waals surface area contributed by atoms with Crippen LogP contribution in [0.3, 0.4) is 0 Å². The van der Waals surface area contributed by atoms with Crippen LogP contribution < -0.4 is 5.30 Å². The Morgan fingerprint density at radius 3 is 1.34 bits per heavy atom. The lowest BCUT2D eigenvalue weighted by atomic mass is 9.99. The van der Waals surface area contributed by atoms with Gasteiger partial charge in [0, 0.05) is 0 Å². The van der Waals surface area contributed by atoms with Crippen LogP contribution in [-0.4, -0.2) is 14.9 Å². The fourth-order valence-corrected chi connectivity index (χ4v) is 3.50. The SMILES string of the molecule is O=P(O)(O)c1ccccc1O.c1ccc(-c2cccc(-c3ccccc3)c2)cc1. The van der Waals surface area contributed by atoms with Gasteiger partial charge in [0.25, 0.3) is 0 Å². The fraction of sp³-hybridized carbons (Fsp3) is 0. The van der Waals surface area contributed by atoms with Crippen molar-refractivity contribution >= 4 is 12.9 Å². The number of phenols is 1. The van der Waals surface area contributed by atoms with E-state index in [1.165, 1.54) is 46.5 Å². The Morgan fingerprint density at radius 2 is 0.931 bits per heavy atom. The molecule has 0 aliphatic rings. The van der Waals surface area contributed by atoms with Crippen LogP contribution >= 0.6 is 7.60 Å². The third-order valence-electron chi connectivity index (χ3n) is 4.27. The first-order chi connectivity index (χ1) is 13.9. The molecule has 0 heterocycles. The van der Waals surface area contributed by atoms with Gasteiger partial charge in [-0.25, -0.2) is 0 Å². The summed E-state index contributed by atoms with van der Waals surface area (Å²) >= 11 is 0. The highest BCUT2D eigenvalue weighted by Gasteiger charge is 2.20. The molecule has 0 saturated carbocycles. The largest absolute Gasteiger partial charge is 0.507 e. The molecule has 0 fully saturated rings. The topological polar surface area (TPSA) is 77.8 Å². The highest BCUT2D eigenvalue weighted by atomic mass is 31.2. The van der Waals surface area contributed by atoms with Crippen molar-refractivity contribution in [3.63, 3.8) is 0 Å². The first-order valence-corrected chi connectivity index (χ1v) is 10.6.